The fourth-order valence-electron chi connectivity index (χ4n) is 2.53. The lowest BCUT2D eigenvalue weighted by Gasteiger charge is -2.18. The van der Waals surface area contributed by atoms with Crippen molar-refractivity contribution in [3.63, 3.8) is 0 Å². The molecule has 1 aromatic heterocycles. The smallest absolute Gasteiger partial charge is 0.317 e. The highest BCUT2D eigenvalue weighted by atomic mass is 16.2. The summed E-state index contributed by atoms with van der Waals surface area (Å²) in [6.45, 7) is 0.936. The number of amides is 2. The van der Waals surface area contributed by atoms with Gasteiger partial charge in [0.05, 0.1) is 17.3 Å². The van der Waals surface area contributed by atoms with E-state index in [4.69, 9.17) is 5.26 Å². The van der Waals surface area contributed by atoms with E-state index in [1.807, 2.05) is 48.7 Å². The van der Waals surface area contributed by atoms with Crippen LogP contribution in [0.3, 0.4) is 0 Å². The fourth-order valence-corrected chi connectivity index (χ4v) is 2.53. The Hall–Kier alpha value is -3.59. The van der Waals surface area contributed by atoms with Crippen LogP contribution >= 0.6 is 0 Å². The molecule has 6 nitrogen and oxygen atoms in total. The fraction of sp³-hybridized carbons (Fsp3) is 0.150. The number of benzene rings is 2. The third-order valence-corrected chi connectivity index (χ3v) is 4.00. The quantitative estimate of drug-likeness (QED) is 0.772. The lowest BCUT2D eigenvalue weighted by atomic mass is 10.1. The van der Waals surface area contributed by atoms with E-state index in [2.05, 4.69) is 16.5 Å². The normalized spacial score (nSPS) is 10.2. The van der Waals surface area contributed by atoms with Crippen LogP contribution < -0.4 is 5.32 Å². The number of hydrogen-bond acceptors (Lipinski definition) is 3. The molecule has 2 amide bonds. The summed E-state index contributed by atoms with van der Waals surface area (Å²) in [5.41, 5.74) is 3.58. The molecule has 0 radical (unpaired) electrons. The molecule has 1 heterocycles. The van der Waals surface area contributed by atoms with Gasteiger partial charge in [0, 0.05) is 32.5 Å². The van der Waals surface area contributed by atoms with Crippen LogP contribution in [0.2, 0.25) is 0 Å². The maximum absolute atomic E-state index is 12.2. The molecular weight excluding hydrogens is 326 g/mol. The molecule has 0 spiro atoms. The van der Waals surface area contributed by atoms with Crippen molar-refractivity contribution in [1.82, 2.24) is 20.0 Å². The van der Waals surface area contributed by atoms with E-state index in [0.717, 1.165) is 16.8 Å². The van der Waals surface area contributed by atoms with Crippen molar-refractivity contribution < 1.29 is 4.79 Å². The number of nitrogens with one attached hydrogen (secondary N) is 1. The van der Waals surface area contributed by atoms with Gasteiger partial charge in [0.1, 0.15) is 0 Å². The van der Waals surface area contributed by atoms with Gasteiger partial charge in [-0.1, -0.05) is 24.3 Å². The summed E-state index contributed by atoms with van der Waals surface area (Å²) in [4.78, 5) is 13.9. The van der Waals surface area contributed by atoms with E-state index in [0.29, 0.717) is 18.7 Å². The van der Waals surface area contributed by atoms with Crippen molar-refractivity contribution in [1.29, 1.82) is 5.26 Å². The lowest BCUT2D eigenvalue weighted by Crippen LogP contribution is -2.36. The Morgan fingerprint density at radius 1 is 1.15 bits per heavy atom. The van der Waals surface area contributed by atoms with Gasteiger partial charge in [-0.15, -0.1) is 0 Å². The van der Waals surface area contributed by atoms with E-state index in [1.54, 1.807) is 35.0 Å². The number of nitriles is 1. The van der Waals surface area contributed by atoms with Crippen LogP contribution in [-0.4, -0.2) is 27.8 Å². The van der Waals surface area contributed by atoms with Crippen LogP contribution in [0.25, 0.3) is 5.69 Å². The average Bonchev–Trinajstić information content (AvgIpc) is 3.22. The van der Waals surface area contributed by atoms with Gasteiger partial charge < -0.3 is 10.2 Å². The molecule has 26 heavy (non-hydrogen) atoms. The zero-order valence-corrected chi connectivity index (χ0v) is 14.5. The number of nitrogens with zero attached hydrogens (tertiary/aromatic N) is 4. The van der Waals surface area contributed by atoms with Crippen LogP contribution in [0.4, 0.5) is 4.79 Å². The second-order valence-electron chi connectivity index (χ2n) is 5.94. The van der Waals surface area contributed by atoms with Crippen LogP contribution in [0.1, 0.15) is 16.7 Å². The maximum Gasteiger partial charge on any atom is 0.317 e. The summed E-state index contributed by atoms with van der Waals surface area (Å²) < 4.78 is 1.79. The minimum atomic E-state index is -0.148. The Balaban J connectivity index is 1.52. The Labute approximate surface area is 152 Å². The van der Waals surface area contributed by atoms with Crippen molar-refractivity contribution in [3.8, 4) is 11.8 Å². The summed E-state index contributed by atoms with van der Waals surface area (Å²) in [6.07, 6.45) is 3.62. The topological polar surface area (TPSA) is 74.0 Å². The number of aromatic nitrogens is 2. The first-order chi connectivity index (χ1) is 12.7. The highest BCUT2D eigenvalue weighted by Gasteiger charge is 2.09. The van der Waals surface area contributed by atoms with Crippen LogP contribution in [0.5, 0.6) is 0 Å². The summed E-state index contributed by atoms with van der Waals surface area (Å²) in [5.74, 6) is 0. The third-order valence-electron chi connectivity index (χ3n) is 4.00. The van der Waals surface area contributed by atoms with Gasteiger partial charge >= 0.3 is 6.03 Å². The Morgan fingerprint density at radius 2 is 1.85 bits per heavy atom. The highest BCUT2D eigenvalue weighted by molar-refractivity contribution is 5.73. The molecule has 0 bridgehead atoms. The predicted molar refractivity (Wildman–Crippen MR) is 98.4 cm³/mol. The summed E-state index contributed by atoms with van der Waals surface area (Å²) >= 11 is 0. The summed E-state index contributed by atoms with van der Waals surface area (Å²) in [5, 5.41) is 15.9. The zero-order chi connectivity index (χ0) is 18.4. The average molecular weight is 345 g/mol. The van der Waals surface area contributed by atoms with E-state index in [9.17, 15) is 4.79 Å². The standard InChI is InChI=1S/C20H19N5O/c1-24(15-18-5-3-16(13-21)4-6-18)20(26)22-14-17-7-9-19(10-8-17)25-12-2-11-23-25/h2-12H,14-15H2,1H3,(H,22,26). The largest absolute Gasteiger partial charge is 0.334 e. The molecule has 3 aromatic rings. The molecule has 0 saturated carbocycles. The number of urea groups is 1. The van der Waals surface area contributed by atoms with Crippen LogP contribution in [0, 0.1) is 11.3 Å². The molecule has 0 aliphatic rings. The molecule has 0 atom stereocenters. The molecule has 2 aromatic carbocycles. The van der Waals surface area contributed by atoms with Gasteiger partial charge in [0.15, 0.2) is 0 Å². The minimum Gasteiger partial charge on any atom is -0.334 e. The predicted octanol–water partition coefficient (Wildman–Crippen LogP) is 3.09. The SMILES string of the molecule is CN(Cc1ccc(C#N)cc1)C(=O)NCc1ccc(-n2cccn2)cc1. The third kappa shape index (κ3) is 4.28. The summed E-state index contributed by atoms with van der Waals surface area (Å²) in [6, 6.07) is 18.9. The molecule has 0 aliphatic carbocycles. The van der Waals surface area contributed by atoms with E-state index < -0.39 is 0 Å². The number of hydrogen-bond donors (Lipinski definition) is 1. The second-order valence-corrected chi connectivity index (χ2v) is 5.94. The van der Waals surface area contributed by atoms with E-state index in [1.165, 1.54) is 0 Å². The van der Waals surface area contributed by atoms with Gasteiger partial charge in [-0.3, -0.25) is 0 Å². The first kappa shape index (κ1) is 17.2. The Bertz CT molecular complexity index is 893. The molecule has 130 valence electrons. The van der Waals surface area contributed by atoms with E-state index >= 15 is 0 Å². The molecule has 0 fully saturated rings. The van der Waals surface area contributed by atoms with Gasteiger partial charge in [0.2, 0.25) is 0 Å². The highest BCUT2D eigenvalue weighted by Crippen LogP contribution is 2.09. The number of carbonyl (C=O) groups is 1. The van der Waals surface area contributed by atoms with Crippen LogP contribution in [0.15, 0.2) is 67.0 Å². The Morgan fingerprint density at radius 3 is 2.46 bits per heavy atom. The monoisotopic (exact) mass is 345 g/mol. The number of rotatable bonds is 5. The van der Waals surface area contributed by atoms with Crippen molar-refractivity contribution in [2.45, 2.75) is 13.1 Å². The molecule has 6 heteroatoms. The molecular formula is C20H19N5O. The van der Waals surface area contributed by atoms with Gasteiger partial charge in [-0.25, -0.2) is 9.48 Å². The first-order valence-electron chi connectivity index (χ1n) is 8.22. The second kappa shape index (κ2) is 7.99. The van der Waals surface area contributed by atoms with Crippen LogP contribution in [-0.2, 0) is 13.1 Å². The number of carbonyl (C=O) groups excluding carboxylic acids is 1. The first-order valence-corrected chi connectivity index (χ1v) is 8.22. The molecule has 0 aliphatic heterocycles. The van der Waals surface area contributed by atoms with Crippen molar-refractivity contribution in [3.05, 3.63) is 83.7 Å². The zero-order valence-electron chi connectivity index (χ0n) is 14.5. The minimum absolute atomic E-state index is 0.148. The summed E-state index contributed by atoms with van der Waals surface area (Å²) in [7, 11) is 1.74. The van der Waals surface area contributed by atoms with Crippen molar-refractivity contribution in [2.75, 3.05) is 7.05 Å². The molecule has 0 unspecified atom stereocenters. The maximum atomic E-state index is 12.2. The molecule has 0 saturated heterocycles. The van der Waals surface area contributed by atoms with Gasteiger partial charge in [-0.05, 0) is 41.5 Å². The van der Waals surface area contributed by atoms with Crippen molar-refractivity contribution >= 4 is 6.03 Å². The van der Waals surface area contributed by atoms with Crippen molar-refractivity contribution in [2.24, 2.45) is 0 Å². The van der Waals surface area contributed by atoms with Gasteiger partial charge in [-0.2, -0.15) is 10.4 Å². The molecule has 3 rings (SSSR count). The lowest BCUT2D eigenvalue weighted by molar-refractivity contribution is 0.206. The van der Waals surface area contributed by atoms with E-state index in [-0.39, 0.29) is 6.03 Å². The molecule has 1 N–H and O–H groups in total. The Kier molecular flexibility index (Phi) is 5.30. The van der Waals surface area contributed by atoms with Gasteiger partial charge in [0.25, 0.3) is 0 Å².